The van der Waals surface area contributed by atoms with Crippen molar-refractivity contribution in [1.29, 1.82) is 0 Å². The Hall–Kier alpha value is -1.84. The quantitative estimate of drug-likeness (QED) is 0.446. The molecule has 146 valence electrons. The lowest BCUT2D eigenvalue weighted by Gasteiger charge is -2.19. The summed E-state index contributed by atoms with van der Waals surface area (Å²) in [7, 11) is 0. The van der Waals surface area contributed by atoms with Gasteiger partial charge in [0.05, 0.1) is 0 Å². The molecule has 0 spiro atoms. The molecule has 0 heterocycles. The van der Waals surface area contributed by atoms with E-state index in [-0.39, 0.29) is 5.41 Å². The van der Waals surface area contributed by atoms with Gasteiger partial charge in [0.2, 0.25) is 0 Å². The molecular weight excluding hydrogens is 324 g/mol. The van der Waals surface area contributed by atoms with E-state index >= 15 is 0 Å². The predicted octanol–water partition coefficient (Wildman–Crippen LogP) is 5.18. The molecule has 1 rings (SSSR count). The van der Waals surface area contributed by atoms with Crippen LogP contribution in [0.4, 0.5) is 5.69 Å². The van der Waals surface area contributed by atoms with Crippen LogP contribution in [0, 0.1) is 0 Å². The van der Waals surface area contributed by atoms with E-state index in [1.807, 2.05) is 24.3 Å². The average Bonchev–Trinajstić information content (AvgIpc) is 2.59. The van der Waals surface area contributed by atoms with Crippen molar-refractivity contribution < 1.29 is 9.59 Å². The maximum absolute atomic E-state index is 11.9. The average molecular weight is 361 g/mol. The summed E-state index contributed by atoms with van der Waals surface area (Å²) in [5, 5.41) is 5.35. The molecule has 0 unspecified atom stereocenters. The predicted molar refractivity (Wildman–Crippen MR) is 109 cm³/mol. The highest BCUT2D eigenvalue weighted by atomic mass is 16.2. The Kier molecular flexibility index (Phi) is 10.0. The molecule has 4 heteroatoms. The van der Waals surface area contributed by atoms with Crippen LogP contribution >= 0.6 is 0 Å². The zero-order valence-corrected chi connectivity index (χ0v) is 17.0. The molecule has 0 saturated carbocycles. The van der Waals surface area contributed by atoms with Gasteiger partial charge in [-0.05, 0) is 29.5 Å². The van der Waals surface area contributed by atoms with Crippen LogP contribution in [0.2, 0.25) is 0 Å². The van der Waals surface area contributed by atoms with Gasteiger partial charge in [-0.15, -0.1) is 0 Å². The van der Waals surface area contributed by atoms with E-state index in [4.69, 9.17) is 0 Å². The topological polar surface area (TPSA) is 58.2 Å². The first-order valence-electron chi connectivity index (χ1n) is 10.0. The Labute approximate surface area is 159 Å². The first kappa shape index (κ1) is 22.2. The molecule has 0 saturated heterocycles. The fourth-order valence-electron chi connectivity index (χ4n) is 2.78. The Bertz CT molecular complexity index is 544. The first-order chi connectivity index (χ1) is 12.3. The first-order valence-corrected chi connectivity index (χ1v) is 10.0. The summed E-state index contributed by atoms with van der Waals surface area (Å²) >= 11 is 0. The summed E-state index contributed by atoms with van der Waals surface area (Å²) in [6.07, 6.45) is 9.71. The van der Waals surface area contributed by atoms with Crippen molar-refractivity contribution in [3.8, 4) is 0 Å². The van der Waals surface area contributed by atoms with Crippen molar-refractivity contribution in [3.05, 3.63) is 29.8 Å². The maximum Gasteiger partial charge on any atom is 0.313 e. The van der Waals surface area contributed by atoms with Crippen LogP contribution < -0.4 is 10.6 Å². The molecule has 0 bridgehead atoms. The fourth-order valence-corrected chi connectivity index (χ4v) is 2.78. The van der Waals surface area contributed by atoms with E-state index in [1.165, 1.54) is 44.1 Å². The molecular formula is C22H36N2O2. The fraction of sp³-hybridized carbons (Fsp3) is 0.636. The Balaban J connectivity index is 2.20. The Morgan fingerprint density at radius 2 is 1.35 bits per heavy atom. The SMILES string of the molecule is CCCCCCCCCCNC(=O)C(=O)Nc1ccc(C(C)(C)C)cc1. The molecule has 4 nitrogen and oxygen atoms in total. The van der Waals surface area contributed by atoms with Crippen molar-refractivity contribution in [2.24, 2.45) is 0 Å². The van der Waals surface area contributed by atoms with Crippen LogP contribution in [-0.4, -0.2) is 18.4 Å². The Morgan fingerprint density at radius 1 is 0.808 bits per heavy atom. The van der Waals surface area contributed by atoms with Crippen molar-refractivity contribution in [2.75, 3.05) is 11.9 Å². The lowest BCUT2D eigenvalue weighted by Crippen LogP contribution is -2.35. The van der Waals surface area contributed by atoms with Gasteiger partial charge in [0, 0.05) is 12.2 Å². The number of carbonyl (C=O) groups is 2. The van der Waals surface area contributed by atoms with E-state index in [0.29, 0.717) is 12.2 Å². The number of benzene rings is 1. The van der Waals surface area contributed by atoms with Gasteiger partial charge in [0.25, 0.3) is 0 Å². The molecule has 2 amide bonds. The molecule has 0 radical (unpaired) electrons. The van der Waals surface area contributed by atoms with Crippen molar-refractivity contribution in [1.82, 2.24) is 5.32 Å². The third-order valence-electron chi connectivity index (χ3n) is 4.53. The summed E-state index contributed by atoms with van der Waals surface area (Å²) in [4.78, 5) is 23.8. The molecule has 0 aliphatic heterocycles. The molecule has 0 fully saturated rings. The van der Waals surface area contributed by atoms with Crippen molar-refractivity contribution in [2.45, 2.75) is 84.5 Å². The van der Waals surface area contributed by atoms with Crippen LogP contribution in [0.1, 0.15) is 84.6 Å². The number of hydrogen-bond donors (Lipinski definition) is 2. The standard InChI is InChI=1S/C22H36N2O2/c1-5-6-7-8-9-10-11-12-17-23-20(25)21(26)24-19-15-13-18(14-16-19)22(2,3)4/h13-16H,5-12,17H2,1-4H3,(H,23,25)(H,24,26). The van der Waals surface area contributed by atoms with E-state index in [0.717, 1.165) is 12.8 Å². The number of carbonyl (C=O) groups excluding carboxylic acids is 2. The maximum atomic E-state index is 11.9. The van der Waals surface area contributed by atoms with Gasteiger partial charge in [-0.2, -0.15) is 0 Å². The van der Waals surface area contributed by atoms with Crippen LogP contribution in [0.3, 0.4) is 0 Å². The second kappa shape index (κ2) is 11.7. The van der Waals surface area contributed by atoms with Crippen molar-refractivity contribution >= 4 is 17.5 Å². The van der Waals surface area contributed by atoms with Gasteiger partial charge in [-0.3, -0.25) is 9.59 Å². The third-order valence-corrected chi connectivity index (χ3v) is 4.53. The zero-order chi connectivity index (χ0) is 19.4. The highest BCUT2D eigenvalue weighted by Crippen LogP contribution is 2.23. The molecule has 26 heavy (non-hydrogen) atoms. The number of hydrogen-bond acceptors (Lipinski definition) is 2. The zero-order valence-electron chi connectivity index (χ0n) is 17.0. The minimum Gasteiger partial charge on any atom is -0.348 e. The number of unbranched alkanes of at least 4 members (excludes halogenated alkanes) is 7. The number of nitrogens with one attached hydrogen (secondary N) is 2. The molecule has 2 N–H and O–H groups in total. The summed E-state index contributed by atoms with van der Waals surface area (Å²) in [5.41, 5.74) is 1.90. The lowest BCUT2D eigenvalue weighted by atomic mass is 9.87. The molecule has 0 aromatic heterocycles. The van der Waals surface area contributed by atoms with Crippen LogP contribution in [-0.2, 0) is 15.0 Å². The second-order valence-electron chi connectivity index (χ2n) is 8.01. The summed E-state index contributed by atoms with van der Waals surface area (Å²) in [5.74, 6) is -1.17. The van der Waals surface area contributed by atoms with Gasteiger partial charge < -0.3 is 10.6 Å². The minimum absolute atomic E-state index is 0.0654. The Morgan fingerprint density at radius 3 is 1.88 bits per heavy atom. The normalized spacial score (nSPS) is 11.2. The molecule has 1 aromatic rings. The smallest absolute Gasteiger partial charge is 0.313 e. The summed E-state index contributed by atoms with van der Waals surface area (Å²) in [6.45, 7) is 9.20. The highest BCUT2D eigenvalue weighted by molar-refractivity contribution is 6.39. The van der Waals surface area contributed by atoms with Crippen LogP contribution in [0.25, 0.3) is 0 Å². The second-order valence-corrected chi connectivity index (χ2v) is 8.01. The molecule has 0 atom stereocenters. The van der Waals surface area contributed by atoms with Crippen LogP contribution in [0.15, 0.2) is 24.3 Å². The summed E-state index contributed by atoms with van der Waals surface area (Å²) < 4.78 is 0. The number of rotatable bonds is 10. The minimum atomic E-state index is -0.604. The van der Waals surface area contributed by atoms with E-state index in [1.54, 1.807) is 0 Å². The third kappa shape index (κ3) is 9.02. The molecule has 0 aliphatic rings. The van der Waals surface area contributed by atoms with Gasteiger partial charge in [-0.1, -0.05) is 84.8 Å². The summed E-state index contributed by atoms with van der Waals surface area (Å²) in [6, 6.07) is 7.64. The largest absolute Gasteiger partial charge is 0.348 e. The van der Waals surface area contributed by atoms with Crippen LogP contribution in [0.5, 0.6) is 0 Å². The monoisotopic (exact) mass is 360 g/mol. The van der Waals surface area contributed by atoms with Gasteiger partial charge in [0.1, 0.15) is 0 Å². The lowest BCUT2D eigenvalue weighted by molar-refractivity contribution is -0.136. The van der Waals surface area contributed by atoms with E-state index < -0.39 is 11.8 Å². The van der Waals surface area contributed by atoms with Crippen molar-refractivity contribution in [3.63, 3.8) is 0 Å². The number of amides is 2. The van der Waals surface area contributed by atoms with E-state index in [2.05, 4.69) is 38.3 Å². The van der Waals surface area contributed by atoms with Gasteiger partial charge >= 0.3 is 11.8 Å². The number of anilines is 1. The molecule has 1 aromatic carbocycles. The van der Waals surface area contributed by atoms with E-state index in [9.17, 15) is 9.59 Å². The van der Waals surface area contributed by atoms with Gasteiger partial charge in [-0.25, -0.2) is 0 Å². The van der Waals surface area contributed by atoms with Gasteiger partial charge in [0.15, 0.2) is 0 Å². The molecule has 0 aliphatic carbocycles. The highest BCUT2D eigenvalue weighted by Gasteiger charge is 2.15.